The summed E-state index contributed by atoms with van der Waals surface area (Å²) >= 11 is -1.85. The minimum atomic E-state index is -1.85. The van der Waals surface area contributed by atoms with Crippen molar-refractivity contribution in [3.05, 3.63) is 23.0 Å². The van der Waals surface area contributed by atoms with Crippen LogP contribution in [0.2, 0.25) is 0 Å². The normalized spacial score (nSPS) is 25.5. The van der Waals surface area contributed by atoms with E-state index in [1.165, 1.54) is 6.07 Å². The number of phenols is 1. The molecule has 0 aromatic heterocycles. The third kappa shape index (κ3) is 2.04. The van der Waals surface area contributed by atoms with E-state index in [0.29, 0.717) is 24.1 Å². The maximum atomic E-state index is 14.6. The quantitative estimate of drug-likeness (QED) is 0.686. The van der Waals surface area contributed by atoms with Crippen molar-refractivity contribution in [1.29, 1.82) is 0 Å². The second kappa shape index (κ2) is 4.71. The lowest BCUT2D eigenvalue weighted by molar-refractivity contribution is -0.117. The lowest BCUT2D eigenvalue weighted by Gasteiger charge is -2.26. The van der Waals surface area contributed by atoms with Crippen molar-refractivity contribution in [2.45, 2.75) is 25.9 Å². The second-order valence-corrected chi connectivity index (χ2v) is 6.14. The molecular weight excluding hydrogens is 285 g/mol. The molecule has 2 atom stereocenters. The van der Waals surface area contributed by atoms with E-state index in [-0.39, 0.29) is 24.0 Å². The predicted molar refractivity (Wildman–Crippen MR) is 71.7 cm³/mol. The molecule has 2 unspecified atom stereocenters. The largest absolute Gasteiger partial charge is 0.506 e. The molecule has 0 spiro atoms. The summed E-state index contributed by atoms with van der Waals surface area (Å²) in [7, 11) is 0. The number of phenolic OH excluding ortho intramolecular Hbond substituents is 1. The van der Waals surface area contributed by atoms with Gasteiger partial charge in [-0.25, -0.2) is 8.60 Å². The highest BCUT2D eigenvalue weighted by Gasteiger charge is 2.33. The van der Waals surface area contributed by atoms with Crippen molar-refractivity contribution in [3.8, 4) is 5.75 Å². The molecule has 1 aromatic rings. The van der Waals surface area contributed by atoms with Gasteiger partial charge >= 0.3 is 0 Å². The van der Waals surface area contributed by atoms with E-state index < -0.39 is 22.9 Å². The molecule has 1 saturated heterocycles. The van der Waals surface area contributed by atoms with E-state index >= 15 is 0 Å². The first kappa shape index (κ1) is 13.3. The Morgan fingerprint density at radius 3 is 2.95 bits per heavy atom. The number of carbonyl (C=O) groups excluding carboxylic acids is 1. The first-order valence-electron chi connectivity index (χ1n) is 6.23. The van der Waals surface area contributed by atoms with Crippen LogP contribution in [0.15, 0.2) is 6.07 Å². The van der Waals surface area contributed by atoms with Crippen molar-refractivity contribution in [3.63, 3.8) is 0 Å². The number of carbonyl (C=O) groups is 1. The van der Waals surface area contributed by atoms with Gasteiger partial charge in [0, 0.05) is 12.6 Å². The number of aromatic hydroxyl groups is 1. The Balaban J connectivity index is 2.10. The Morgan fingerprint density at radius 2 is 2.30 bits per heavy atom. The zero-order chi connectivity index (χ0) is 14.4. The summed E-state index contributed by atoms with van der Waals surface area (Å²) in [6.45, 7) is 2.18. The summed E-state index contributed by atoms with van der Waals surface area (Å²) in [6.07, 6.45) is 0.482. The maximum absolute atomic E-state index is 14.6. The summed E-state index contributed by atoms with van der Waals surface area (Å²) < 4.78 is 29.6. The second-order valence-electron chi connectivity index (χ2n) is 4.99. The third-order valence-electron chi connectivity index (χ3n) is 3.50. The molecule has 0 saturated carbocycles. The topological polar surface area (TPSA) is 81.7 Å². The van der Waals surface area contributed by atoms with E-state index in [0.717, 1.165) is 4.31 Å². The van der Waals surface area contributed by atoms with Crippen LogP contribution in [-0.2, 0) is 28.9 Å². The lowest BCUT2D eigenvalue weighted by Crippen LogP contribution is -2.34. The van der Waals surface area contributed by atoms with Gasteiger partial charge in [0.1, 0.15) is 18.0 Å². The van der Waals surface area contributed by atoms with Crippen LogP contribution in [0.25, 0.3) is 0 Å². The van der Waals surface area contributed by atoms with Crippen molar-refractivity contribution >= 4 is 22.8 Å². The Hall–Kier alpha value is -1.67. The van der Waals surface area contributed by atoms with Crippen molar-refractivity contribution in [2.24, 2.45) is 0 Å². The Morgan fingerprint density at radius 1 is 1.55 bits per heavy atom. The number of rotatable bonds is 1. The summed E-state index contributed by atoms with van der Waals surface area (Å²) in [4.78, 5) is 11.2. The number of fused-ring (bicyclic) bond motifs is 1. The van der Waals surface area contributed by atoms with Gasteiger partial charge in [0.2, 0.25) is 11.2 Å². The van der Waals surface area contributed by atoms with E-state index in [1.54, 1.807) is 0 Å². The van der Waals surface area contributed by atoms with Gasteiger partial charge < -0.3 is 10.4 Å². The number of nitrogens with zero attached hydrogens (tertiary/aromatic N) is 1. The van der Waals surface area contributed by atoms with Gasteiger partial charge in [-0.15, -0.1) is 0 Å². The molecule has 0 aliphatic carbocycles. The fraction of sp³-hybridized carbons (Fsp3) is 0.417. The van der Waals surface area contributed by atoms with Crippen LogP contribution in [0.4, 0.5) is 10.1 Å². The first-order valence-corrected chi connectivity index (χ1v) is 7.33. The van der Waals surface area contributed by atoms with E-state index in [1.807, 2.05) is 6.92 Å². The fourth-order valence-corrected chi connectivity index (χ4v) is 3.47. The highest BCUT2D eigenvalue weighted by atomic mass is 32.2. The van der Waals surface area contributed by atoms with E-state index in [2.05, 4.69) is 10.0 Å². The highest BCUT2D eigenvalue weighted by molar-refractivity contribution is 7.85. The Bertz CT molecular complexity index is 622. The molecule has 1 aromatic carbocycles. The van der Waals surface area contributed by atoms with Crippen LogP contribution in [0.1, 0.15) is 18.1 Å². The van der Waals surface area contributed by atoms with Gasteiger partial charge in [0.25, 0.3) is 5.91 Å². The summed E-state index contributed by atoms with van der Waals surface area (Å²) in [5.41, 5.74) is 1.01. The van der Waals surface area contributed by atoms with Crippen LogP contribution in [-0.4, -0.2) is 27.8 Å². The zero-order valence-electron chi connectivity index (χ0n) is 10.8. The molecular formula is C12H14FN3O3S. The molecule has 20 heavy (non-hydrogen) atoms. The number of benzene rings is 1. The van der Waals surface area contributed by atoms with Gasteiger partial charge in [-0.2, -0.15) is 0 Å². The van der Waals surface area contributed by atoms with Crippen LogP contribution in [0.3, 0.4) is 0 Å². The molecule has 8 heteroatoms. The summed E-state index contributed by atoms with van der Waals surface area (Å²) in [6, 6.07) is 1.59. The first-order chi connectivity index (χ1) is 9.47. The average molecular weight is 299 g/mol. The highest BCUT2D eigenvalue weighted by Crippen LogP contribution is 2.37. The molecule has 6 nitrogen and oxygen atoms in total. The molecule has 0 radical (unpaired) electrons. The Labute approximate surface area is 117 Å². The number of nitrogens with one attached hydrogen (secondary N) is 2. The van der Waals surface area contributed by atoms with Crippen molar-refractivity contribution < 1.29 is 18.5 Å². The summed E-state index contributed by atoms with van der Waals surface area (Å²) in [5, 5.41) is 13.2. The van der Waals surface area contributed by atoms with Gasteiger partial charge in [0.05, 0.1) is 0 Å². The van der Waals surface area contributed by atoms with Crippen molar-refractivity contribution in [1.82, 2.24) is 10.0 Å². The summed E-state index contributed by atoms with van der Waals surface area (Å²) in [5.74, 6) is -1.37. The maximum Gasteiger partial charge on any atom is 0.253 e. The molecule has 2 aliphatic rings. The smallest absolute Gasteiger partial charge is 0.253 e. The molecule has 2 heterocycles. The van der Waals surface area contributed by atoms with Gasteiger partial charge in [-0.1, -0.05) is 0 Å². The van der Waals surface area contributed by atoms with Gasteiger partial charge in [-0.05, 0) is 30.5 Å². The third-order valence-corrected chi connectivity index (χ3v) is 4.62. The Kier molecular flexibility index (Phi) is 3.14. The van der Waals surface area contributed by atoms with Crippen LogP contribution in [0, 0.1) is 5.82 Å². The number of anilines is 1. The molecule has 3 N–H and O–H groups in total. The monoisotopic (exact) mass is 299 g/mol. The lowest BCUT2D eigenvalue weighted by atomic mass is 9.95. The SMILES string of the molecule is CC1Cc2c(cc(O)c(N3CC(=O)NS3=O)c2F)CN1. The molecule has 3 rings (SSSR count). The zero-order valence-corrected chi connectivity index (χ0v) is 11.6. The van der Waals surface area contributed by atoms with E-state index in [4.69, 9.17) is 0 Å². The van der Waals surface area contributed by atoms with Crippen molar-refractivity contribution in [2.75, 3.05) is 10.8 Å². The molecule has 1 amide bonds. The number of hydrogen-bond acceptors (Lipinski definition) is 4. The molecule has 108 valence electrons. The van der Waals surface area contributed by atoms with E-state index in [9.17, 15) is 18.5 Å². The van der Waals surface area contributed by atoms with Crippen LogP contribution < -0.4 is 14.3 Å². The predicted octanol–water partition coefficient (Wildman–Crippen LogP) is 0.0804. The molecule has 2 aliphatic heterocycles. The fourth-order valence-electron chi connectivity index (χ4n) is 2.53. The standard InChI is InChI=1S/C12H14FN3O3S/c1-6-2-8-7(4-14-6)3-9(17)12(11(8)13)16-5-10(18)15-20(16)19/h3,6,14,17H,2,4-5H2,1H3,(H,15,18). The van der Waals surface area contributed by atoms with Gasteiger partial charge in [0.15, 0.2) is 5.82 Å². The molecule has 0 bridgehead atoms. The van der Waals surface area contributed by atoms with Crippen LogP contribution >= 0.6 is 0 Å². The van der Waals surface area contributed by atoms with Crippen LogP contribution in [0.5, 0.6) is 5.75 Å². The minimum Gasteiger partial charge on any atom is -0.506 e. The van der Waals surface area contributed by atoms with Gasteiger partial charge in [-0.3, -0.25) is 13.8 Å². The average Bonchev–Trinajstić information content (AvgIpc) is 2.70. The number of amides is 1. The number of halogens is 1. The minimum absolute atomic E-state index is 0.123. The molecule has 1 fully saturated rings. The number of hydrogen-bond donors (Lipinski definition) is 3.